The molecule has 3 aromatic rings. The molecule has 1 aliphatic heterocycles. The summed E-state index contributed by atoms with van der Waals surface area (Å²) in [6, 6.07) is 21.3. The molecule has 2 nitrogen and oxygen atoms in total. The molecule has 0 saturated carbocycles. The van der Waals surface area contributed by atoms with E-state index in [4.69, 9.17) is 4.98 Å². The Morgan fingerprint density at radius 1 is 0.810 bits per heavy atom. The lowest BCUT2D eigenvalue weighted by molar-refractivity contribution is 0.949. The van der Waals surface area contributed by atoms with Crippen LogP contribution in [-0.2, 0) is 0 Å². The van der Waals surface area contributed by atoms with E-state index in [1.54, 1.807) is 0 Å². The predicted octanol–water partition coefficient (Wildman–Crippen LogP) is 4.50. The van der Waals surface area contributed by atoms with E-state index in [2.05, 4.69) is 59.5 Å². The molecule has 21 heavy (non-hydrogen) atoms. The summed E-state index contributed by atoms with van der Waals surface area (Å²) in [5.41, 5.74) is 4.63. The van der Waals surface area contributed by atoms with E-state index in [1.165, 1.54) is 42.6 Å². The number of anilines is 1. The zero-order chi connectivity index (χ0) is 14.1. The average molecular weight is 274 g/mol. The van der Waals surface area contributed by atoms with Crippen LogP contribution in [-0.4, -0.2) is 18.1 Å². The van der Waals surface area contributed by atoms with Crippen LogP contribution in [0.4, 0.5) is 5.69 Å². The van der Waals surface area contributed by atoms with Crippen LogP contribution in [0, 0.1) is 0 Å². The summed E-state index contributed by atoms with van der Waals surface area (Å²) in [6.45, 7) is 2.35. The maximum Gasteiger partial charge on any atom is 0.0710 e. The fraction of sp³-hybridized carbons (Fsp3) is 0.211. The molecule has 2 heteroatoms. The highest BCUT2D eigenvalue weighted by Crippen LogP contribution is 2.27. The minimum Gasteiger partial charge on any atom is -0.372 e. The Morgan fingerprint density at radius 2 is 1.67 bits per heavy atom. The van der Waals surface area contributed by atoms with Gasteiger partial charge >= 0.3 is 0 Å². The Morgan fingerprint density at radius 3 is 2.57 bits per heavy atom. The molecule has 4 rings (SSSR count). The zero-order valence-electron chi connectivity index (χ0n) is 12.0. The predicted molar refractivity (Wildman–Crippen MR) is 88.6 cm³/mol. The molecule has 2 heterocycles. The van der Waals surface area contributed by atoms with Crippen molar-refractivity contribution in [2.45, 2.75) is 12.8 Å². The van der Waals surface area contributed by atoms with E-state index in [-0.39, 0.29) is 0 Å². The van der Waals surface area contributed by atoms with E-state index in [9.17, 15) is 0 Å². The van der Waals surface area contributed by atoms with Crippen molar-refractivity contribution in [2.24, 2.45) is 0 Å². The first kappa shape index (κ1) is 12.4. The van der Waals surface area contributed by atoms with Gasteiger partial charge in [0.2, 0.25) is 0 Å². The molecule has 0 aliphatic carbocycles. The Bertz CT molecular complexity index is 773. The standard InChI is InChI=1S/C19H18N2/c1-2-9-18-15(6-1)10-11-19(20-18)16-7-5-8-17(14-16)21-12-3-4-13-21/h1-2,5-11,14H,3-4,12-13H2. The van der Waals surface area contributed by atoms with Crippen molar-refractivity contribution in [3.63, 3.8) is 0 Å². The highest BCUT2D eigenvalue weighted by Gasteiger charge is 2.12. The molecular weight excluding hydrogens is 256 g/mol. The van der Waals surface area contributed by atoms with Crippen LogP contribution < -0.4 is 4.90 Å². The Labute approximate surface area is 125 Å². The first-order chi connectivity index (χ1) is 10.4. The lowest BCUT2D eigenvalue weighted by Gasteiger charge is -2.18. The summed E-state index contributed by atoms with van der Waals surface area (Å²) in [7, 11) is 0. The molecule has 1 aromatic heterocycles. The fourth-order valence-electron chi connectivity index (χ4n) is 3.06. The van der Waals surface area contributed by atoms with Gasteiger partial charge < -0.3 is 4.90 Å². The maximum atomic E-state index is 4.79. The minimum atomic E-state index is 1.05. The molecule has 2 aromatic carbocycles. The van der Waals surface area contributed by atoms with Crippen molar-refractivity contribution in [1.82, 2.24) is 4.98 Å². The molecule has 104 valence electrons. The van der Waals surface area contributed by atoms with Gasteiger partial charge in [-0.25, -0.2) is 4.98 Å². The second-order valence-electron chi connectivity index (χ2n) is 5.63. The Balaban J connectivity index is 1.75. The van der Waals surface area contributed by atoms with E-state index in [1.807, 2.05) is 6.07 Å². The van der Waals surface area contributed by atoms with Crippen LogP contribution >= 0.6 is 0 Å². The number of pyridine rings is 1. The van der Waals surface area contributed by atoms with Gasteiger partial charge in [-0.2, -0.15) is 0 Å². The van der Waals surface area contributed by atoms with Crippen molar-refractivity contribution in [3.05, 3.63) is 60.7 Å². The number of fused-ring (bicyclic) bond motifs is 1. The molecule has 0 atom stereocenters. The second kappa shape index (κ2) is 5.21. The SMILES string of the molecule is c1cc(-c2ccc3ccccc3n2)cc(N2CCCC2)c1. The lowest BCUT2D eigenvalue weighted by atomic mass is 10.1. The summed E-state index contributed by atoms with van der Waals surface area (Å²) < 4.78 is 0. The van der Waals surface area contributed by atoms with Gasteiger partial charge in [0.05, 0.1) is 11.2 Å². The van der Waals surface area contributed by atoms with Gasteiger partial charge in [-0.05, 0) is 37.1 Å². The molecule has 0 unspecified atom stereocenters. The van der Waals surface area contributed by atoms with Gasteiger partial charge in [0.1, 0.15) is 0 Å². The number of para-hydroxylation sites is 1. The van der Waals surface area contributed by atoms with Gasteiger partial charge in [0, 0.05) is 29.7 Å². The van der Waals surface area contributed by atoms with Crippen LogP contribution in [0.3, 0.4) is 0 Å². The first-order valence-electron chi connectivity index (χ1n) is 7.61. The third-order valence-electron chi connectivity index (χ3n) is 4.21. The summed E-state index contributed by atoms with van der Waals surface area (Å²) in [6.07, 6.45) is 2.61. The quantitative estimate of drug-likeness (QED) is 0.684. The van der Waals surface area contributed by atoms with Crippen molar-refractivity contribution in [1.29, 1.82) is 0 Å². The largest absolute Gasteiger partial charge is 0.372 e. The topological polar surface area (TPSA) is 16.1 Å². The fourth-order valence-corrected chi connectivity index (χ4v) is 3.06. The number of nitrogens with zero attached hydrogens (tertiary/aromatic N) is 2. The lowest BCUT2D eigenvalue weighted by Crippen LogP contribution is -2.17. The van der Waals surface area contributed by atoms with Gasteiger partial charge in [0.25, 0.3) is 0 Å². The average Bonchev–Trinajstić information content (AvgIpc) is 3.09. The molecule has 0 N–H and O–H groups in total. The van der Waals surface area contributed by atoms with Crippen molar-refractivity contribution < 1.29 is 0 Å². The zero-order valence-corrected chi connectivity index (χ0v) is 12.0. The second-order valence-corrected chi connectivity index (χ2v) is 5.63. The number of hydrogen-bond acceptors (Lipinski definition) is 2. The highest BCUT2D eigenvalue weighted by atomic mass is 15.1. The molecule has 0 spiro atoms. The van der Waals surface area contributed by atoms with Gasteiger partial charge in [-0.1, -0.05) is 36.4 Å². The first-order valence-corrected chi connectivity index (χ1v) is 7.61. The third-order valence-corrected chi connectivity index (χ3v) is 4.21. The summed E-state index contributed by atoms with van der Waals surface area (Å²) in [4.78, 5) is 7.26. The molecule has 1 saturated heterocycles. The molecule has 0 radical (unpaired) electrons. The van der Waals surface area contributed by atoms with Crippen LogP contribution in [0.25, 0.3) is 22.2 Å². The Kier molecular flexibility index (Phi) is 3.07. The number of aromatic nitrogens is 1. The normalized spacial score (nSPS) is 14.8. The van der Waals surface area contributed by atoms with Crippen LogP contribution in [0.15, 0.2) is 60.7 Å². The van der Waals surface area contributed by atoms with E-state index >= 15 is 0 Å². The molecule has 0 amide bonds. The smallest absolute Gasteiger partial charge is 0.0710 e. The maximum absolute atomic E-state index is 4.79. The summed E-state index contributed by atoms with van der Waals surface area (Å²) in [5, 5.41) is 1.19. The summed E-state index contributed by atoms with van der Waals surface area (Å²) in [5.74, 6) is 0. The van der Waals surface area contributed by atoms with Crippen LogP contribution in [0.1, 0.15) is 12.8 Å². The van der Waals surface area contributed by atoms with E-state index in [0.29, 0.717) is 0 Å². The minimum absolute atomic E-state index is 1.05. The molecule has 0 bridgehead atoms. The monoisotopic (exact) mass is 274 g/mol. The van der Waals surface area contributed by atoms with Crippen molar-refractivity contribution in [2.75, 3.05) is 18.0 Å². The van der Waals surface area contributed by atoms with E-state index < -0.39 is 0 Å². The number of hydrogen-bond donors (Lipinski definition) is 0. The highest BCUT2D eigenvalue weighted by molar-refractivity contribution is 5.81. The van der Waals surface area contributed by atoms with Crippen molar-refractivity contribution in [3.8, 4) is 11.3 Å². The third kappa shape index (κ3) is 2.38. The molecule has 1 fully saturated rings. The molecule has 1 aliphatic rings. The van der Waals surface area contributed by atoms with Crippen molar-refractivity contribution >= 4 is 16.6 Å². The van der Waals surface area contributed by atoms with E-state index in [0.717, 1.165) is 11.2 Å². The molecular formula is C19H18N2. The number of benzene rings is 2. The van der Waals surface area contributed by atoms with Gasteiger partial charge in [-0.15, -0.1) is 0 Å². The van der Waals surface area contributed by atoms with Gasteiger partial charge in [0.15, 0.2) is 0 Å². The van der Waals surface area contributed by atoms with Crippen LogP contribution in [0.5, 0.6) is 0 Å². The van der Waals surface area contributed by atoms with Crippen LogP contribution in [0.2, 0.25) is 0 Å². The van der Waals surface area contributed by atoms with Gasteiger partial charge in [-0.3, -0.25) is 0 Å². The summed E-state index contributed by atoms with van der Waals surface area (Å²) >= 11 is 0. The number of rotatable bonds is 2. The Hall–Kier alpha value is -2.35.